The number of halogens is 1. The predicted octanol–water partition coefficient (Wildman–Crippen LogP) is 9.13. The first-order valence-electron chi connectivity index (χ1n) is 12.5. The molecule has 28 heavy (non-hydrogen) atoms. The predicted molar refractivity (Wildman–Crippen MR) is 127 cm³/mol. The maximum Gasteiger partial charge on any atom is 0.319 e. The van der Waals surface area contributed by atoms with Crippen LogP contribution in [0.5, 0.6) is 0 Å². The second-order valence-electron chi connectivity index (χ2n) is 8.43. The summed E-state index contributed by atoms with van der Waals surface area (Å²) in [6.45, 7) is 4.96. The first kappa shape index (κ1) is 27.9. The Morgan fingerprint density at radius 2 is 0.964 bits per heavy atom. The minimum atomic E-state index is -0.118. The number of carbonyl (C=O) groups is 1. The van der Waals surface area contributed by atoms with E-state index >= 15 is 0 Å². The molecule has 0 saturated heterocycles. The molecule has 0 radical (unpaired) electrons. The normalized spacial score (nSPS) is 12.2. The maximum absolute atomic E-state index is 11.6. The van der Waals surface area contributed by atoms with Crippen LogP contribution in [0.25, 0.3) is 0 Å². The van der Waals surface area contributed by atoms with Crippen LogP contribution in [-0.2, 0) is 9.53 Å². The Morgan fingerprint density at radius 1 is 0.607 bits per heavy atom. The Labute approximate surface area is 185 Å². The molecule has 0 N–H and O–H groups in total. The molecule has 1 unspecified atom stereocenters. The van der Waals surface area contributed by atoms with Crippen LogP contribution in [0.3, 0.4) is 0 Å². The van der Waals surface area contributed by atoms with Crippen molar-refractivity contribution in [2.45, 2.75) is 147 Å². The highest BCUT2D eigenvalue weighted by Gasteiger charge is 2.14. The molecule has 0 aromatic rings. The second-order valence-corrected chi connectivity index (χ2v) is 9.54. The third-order valence-electron chi connectivity index (χ3n) is 5.54. The molecule has 0 aromatic heterocycles. The van der Waals surface area contributed by atoms with Gasteiger partial charge in [0, 0.05) is 0 Å². The van der Waals surface area contributed by atoms with Gasteiger partial charge >= 0.3 is 5.97 Å². The molecule has 2 nitrogen and oxygen atoms in total. The van der Waals surface area contributed by atoms with Crippen LogP contribution in [0.15, 0.2) is 0 Å². The van der Waals surface area contributed by atoms with Gasteiger partial charge in [0.2, 0.25) is 0 Å². The highest BCUT2D eigenvalue weighted by Crippen LogP contribution is 2.14. The topological polar surface area (TPSA) is 26.3 Å². The first-order chi connectivity index (χ1) is 13.7. The van der Waals surface area contributed by atoms with Gasteiger partial charge in [-0.05, 0) is 12.8 Å². The van der Waals surface area contributed by atoms with Gasteiger partial charge in [-0.1, -0.05) is 145 Å². The monoisotopic (exact) mass is 460 g/mol. The van der Waals surface area contributed by atoms with E-state index in [1.807, 2.05) is 0 Å². The average Bonchev–Trinajstić information content (AvgIpc) is 2.69. The zero-order chi connectivity index (χ0) is 20.7. The van der Waals surface area contributed by atoms with Crippen LogP contribution >= 0.6 is 15.9 Å². The van der Waals surface area contributed by atoms with E-state index in [1.54, 1.807) is 0 Å². The molecule has 0 heterocycles. The summed E-state index contributed by atoms with van der Waals surface area (Å²) < 4.78 is 5.30. The Hall–Kier alpha value is -0.0500. The van der Waals surface area contributed by atoms with Gasteiger partial charge in [-0.3, -0.25) is 4.79 Å². The van der Waals surface area contributed by atoms with Crippen LogP contribution in [0.4, 0.5) is 0 Å². The van der Waals surface area contributed by atoms with E-state index in [1.165, 1.54) is 109 Å². The Balaban J connectivity index is 3.11. The van der Waals surface area contributed by atoms with Gasteiger partial charge < -0.3 is 4.74 Å². The summed E-state index contributed by atoms with van der Waals surface area (Å²) in [4.78, 5) is 11.5. The number of ether oxygens (including phenoxy) is 1. The van der Waals surface area contributed by atoms with E-state index in [-0.39, 0.29) is 10.8 Å². The van der Waals surface area contributed by atoms with Crippen molar-refractivity contribution in [1.29, 1.82) is 0 Å². The van der Waals surface area contributed by atoms with Crippen molar-refractivity contribution < 1.29 is 9.53 Å². The lowest BCUT2D eigenvalue weighted by Crippen LogP contribution is -2.17. The van der Waals surface area contributed by atoms with Gasteiger partial charge in [0.1, 0.15) is 4.83 Å². The zero-order valence-electron chi connectivity index (χ0n) is 19.1. The summed E-state index contributed by atoms with van der Waals surface area (Å²) in [7, 11) is 0. The Morgan fingerprint density at radius 3 is 1.32 bits per heavy atom. The van der Waals surface area contributed by atoms with Crippen LogP contribution in [0.1, 0.15) is 142 Å². The third kappa shape index (κ3) is 20.7. The highest BCUT2D eigenvalue weighted by atomic mass is 79.9. The van der Waals surface area contributed by atoms with E-state index in [4.69, 9.17) is 4.74 Å². The van der Waals surface area contributed by atoms with Crippen molar-refractivity contribution in [2.75, 3.05) is 6.61 Å². The number of hydrogen-bond acceptors (Lipinski definition) is 2. The van der Waals surface area contributed by atoms with Crippen LogP contribution < -0.4 is 0 Å². The first-order valence-corrected chi connectivity index (χ1v) is 13.4. The van der Waals surface area contributed by atoms with Gasteiger partial charge in [0.05, 0.1) is 6.61 Å². The molecule has 0 saturated carbocycles. The van der Waals surface area contributed by atoms with Crippen molar-refractivity contribution >= 4 is 21.9 Å². The summed E-state index contributed by atoms with van der Waals surface area (Å²) in [5, 5.41) is 0. The zero-order valence-corrected chi connectivity index (χ0v) is 20.7. The van der Waals surface area contributed by atoms with E-state index in [0.717, 1.165) is 19.3 Å². The molecule has 3 heteroatoms. The summed E-state index contributed by atoms with van der Waals surface area (Å²) in [5.74, 6) is -0.0891. The van der Waals surface area contributed by atoms with Crippen LogP contribution in [-0.4, -0.2) is 17.4 Å². The third-order valence-corrected chi connectivity index (χ3v) is 6.37. The van der Waals surface area contributed by atoms with Crippen molar-refractivity contribution in [3.05, 3.63) is 0 Å². The summed E-state index contributed by atoms with van der Waals surface area (Å²) in [6.07, 6.45) is 26.7. The Kier molecular flexibility index (Phi) is 23.2. The van der Waals surface area contributed by atoms with E-state index in [2.05, 4.69) is 29.8 Å². The molecule has 0 aliphatic carbocycles. The van der Waals surface area contributed by atoms with Crippen molar-refractivity contribution in [3.8, 4) is 0 Å². The molecular formula is C25H49BrO2. The van der Waals surface area contributed by atoms with Gasteiger partial charge in [-0.15, -0.1) is 0 Å². The number of rotatable bonds is 22. The molecule has 0 aliphatic rings. The molecule has 1 atom stereocenters. The molecular weight excluding hydrogens is 412 g/mol. The molecule has 0 rings (SSSR count). The number of carbonyl (C=O) groups excluding carboxylic acids is 1. The number of unbranched alkanes of at least 4 members (excludes halogenated alkanes) is 17. The molecule has 168 valence electrons. The van der Waals surface area contributed by atoms with Crippen molar-refractivity contribution in [1.82, 2.24) is 0 Å². The number of esters is 1. The molecule has 0 aliphatic heterocycles. The van der Waals surface area contributed by atoms with Gasteiger partial charge in [0.25, 0.3) is 0 Å². The van der Waals surface area contributed by atoms with Crippen LogP contribution in [0, 0.1) is 0 Å². The quantitative estimate of drug-likeness (QED) is 0.0913. The minimum absolute atomic E-state index is 0.0891. The molecule has 0 fully saturated rings. The molecule has 0 spiro atoms. The minimum Gasteiger partial charge on any atom is -0.465 e. The van der Waals surface area contributed by atoms with E-state index in [0.29, 0.717) is 6.61 Å². The van der Waals surface area contributed by atoms with Gasteiger partial charge in [0.15, 0.2) is 0 Å². The number of alkyl halides is 1. The second kappa shape index (κ2) is 23.2. The standard InChI is InChI=1S/C25H49BrO2/c1-3-5-6-7-8-9-10-11-12-13-14-15-16-17-18-19-20-21-23-28-25(27)24(26)22-4-2/h24H,3-23H2,1-2H3. The maximum atomic E-state index is 11.6. The fourth-order valence-corrected chi connectivity index (χ4v) is 4.23. The van der Waals surface area contributed by atoms with E-state index < -0.39 is 0 Å². The summed E-state index contributed by atoms with van der Waals surface area (Å²) in [5.41, 5.74) is 0. The van der Waals surface area contributed by atoms with Gasteiger partial charge in [-0.25, -0.2) is 0 Å². The van der Waals surface area contributed by atoms with E-state index in [9.17, 15) is 4.79 Å². The summed E-state index contributed by atoms with van der Waals surface area (Å²) >= 11 is 3.38. The molecule has 0 aromatic carbocycles. The molecule has 0 amide bonds. The Bertz CT molecular complexity index is 320. The van der Waals surface area contributed by atoms with Crippen molar-refractivity contribution in [2.24, 2.45) is 0 Å². The average molecular weight is 462 g/mol. The lowest BCUT2D eigenvalue weighted by atomic mass is 10.0. The highest BCUT2D eigenvalue weighted by molar-refractivity contribution is 9.10. The van der Waals surface area contributed by atoms with Crippen LogP contribution in [0.2, 0.25) is 0 Å². The van der Waals surface area contributed by atoms with Crippen molar-refractivity contribution in [3.63, 3.8) is 0 Å². The fraction of sp³-hybridized carbons (Fsp3) is 0.960. The van der Waals surface area contributed by atoms with Gasteiger partial charge in [-0.2, -0.15) is 0 Å². The summed E-state index contributed by atoms with van der Waals surface area (Å²) in [6, 6.07) is 0. The lowest BCUT2D eigenvalue weighted by Gasteiger charge is -2.09. The number of hydrogen-bond donors (Lipinski definition) is 0. The fourth-order valence-electron chi connectivity index (χ4n) is 3.64. The SMILES string of the molecule is CCCCCCCCCCCCCCCCCCCCOC(=O)C(Br)CCC. The molecule has 0 bridgehead atoms. The smallest absolute Gasteiger partial charge is 0.319 e. The largest absolute Gasteiger partial charge is 0.465 e. The lowest BCUT2D eigenvalue weighted by molar-refractivity contribution is -0.143.